The minimum Gasteiger partial charge on any atom is -0.465 e. The third-order valence-electron chi connectivity index (χ3n) is 8.48. The average Bonchev–Trinajstić information content (AvgIpc) is 3.41. The summed E-state index contributed by atoms with van der Waals surface area (Å²) in [7, 11) is 2.12. The van der Waals surface area contributed by atoms with E-state index in [1.54, 1.807) is 0 Å². The van der Waals surface area contributed by atoms with E-state index >= 15 is 0 Å². The largest absolute Gasteiger partial charge is 0.465 e. The summed E-state index contributed by atoms with van der Waals surface area (Å²) >= 11 is 1.39. The lowest BCUT2D eigenvalue weighted by molar-refractivity contribution is -0.154. The van der Waals surface area contributed by atoms with Crippen molar-refractivity contribution in [1.82, 2.24) is 4.90 Å². The molecule has 2 aromatic rings. The SMILES string of the molecule is CC1CCC(C(=O)N(c2cc(-c3ccccc3)sc2C(=O)OCC(C)COC(=O)C(C)(C)C)C2CCN(C)CC2)CC1. The molecule has 2 fully saturated rings. The summed E-state index contributed by atoms with van der Waals surface area (Å²) in [5.74, 6) is -0.111. The van der Waals surface area contributed by atoms with Gasteiger partial charge in [0.2, 0.25) is 5.91 Å². The second kappa shape index (κ2) is 14.2. The monoisotopic (exact) mass is 596 g/mol. The molecule has 1 amide bonds. The maximum atomic E-state index is 14.3. The molecule has 7 nitrogen and oxygen atoms in total. The Kier molecular flexibility index (Phi) is 10.9. The van der Waals surface area contributed by atoms with Gasteiger partial charge in [0.25, 0.3) is 0 Å². The summed E-state index contributed by atoms with van der Waals surface area (Å²) in [6, 6.07) is 12.0. The zero-order chi connectivity index (χ0) is 30.4. The number of nitrogens with zero attached hydrogens (tertiary/aromatic N) is 2. The Labute approximate surface area is 255 Å². The van der Waals surface area contributed by atoms with Gasteiger partial charge in [-0.1, -0.05) is 44.2 Å². The van der Waals surface area contributed by atoms with Crippen molar-refractivity contribution in [2.75, 3.05) is 38.3 Å². The second-order valence-electron chi connectivity index (χ2n) is 13.4. The van der Waals surface area contributed by atoms with Gasteiger partial charge in [-0.25, -0.2) is 4.79 Å². The number of piperidine rings is 1. The number of carbonyl (C=O) groups excluding carboxylic acids is 3. The number of hydrogen-bond acceptors (Lipinski definition) is 7. The Bertz CT molecular complexity index is 1200. The number of esters is 2. The number of likely N-dealkylation sites (tertiary alicyclic amines) is 1. The molecule has 1 unspecified atom stereocenters. The quantitative estimate of drug-likeness (QED) is 0.289. The van der Waals surface area contributed by atoms with Crippen molar-refractivity contribution in [2.45, 2.75) is 79.2 Å². The number of carbonyl (C=O) groups is 3. The van der Waals surface area contributed by atoms with Crippen LogP contribution in [-0.2, 0) is 19.1 Å². The van der Waals surface area contributed by atoms with Crippen molar-refractivity contribution < 1.29 is 23.9 Å². The van der Waals surface area contributed by atoms with Gasteiger partial charge in [0, 0.05) is 22.8 Å². The Balaban J connectivity index is 1.62. The normalized spacial score (nSPS) is 21.0. The van der Waals surface area contributed by atoms with E-state index in [2.05, 4.69) is 18.9 Å². The Hall–Kier alpha value is -2.71. The summed E-state index contributed by atoms with van der Waals surface area (Å²) < 4.78 is 11.3. The highest BCUT2D eigenvalue weighted by molar-refractivity contribution is 7.18. The fourth-order valence-corrected chi connectivity index (χ4v) is 6.72. The predicted octanol–water partition coefficient (Wildman–Crippen LogP) is 7.05. The number of thiophene rings is 1. The van der Waals surface area contributed by atoms with Gasteiger partial charge < -0.3 is 19.3 Å². The van der Waals surface area contributed by atoms with Gasteiger partial charge >= 0.3 is 11.9 Å². The topological polar surface area (TPSA) is 76.1 Å². The lowest BCUT2D eigenvalue weighted by Gasteiger charge is -2.40. The van der Waals surface area contributed by atoms with E-state index in [4.69, 9.17) is 9.47 Å². The summed E-state index contributed by atoms with van der Waals surface area (Å²) in [6.07, 6.45) is 5.64. The summed E-state index contributed by atoms with van der Waals surface area (Å²) in [5.41, 5.74) is 1.09. The lowest BCUT2D eigenvalue weighted by Crippen LogP contribution is -2.49. The molecular weight excluding hydrogens is 548 g/mol. The smallest absolute Gasteiger partial charge is 0.350 e. The Morgan fingerprint density at radius 3 is 2.21 bits per heavy atom. The van der Waals surface area contributed by atoms with Crippen molar-refractivity contribution in [1.29, 1.82) is 0 Å². The lowest BCUT2D eigenvalue weighted by atomic mass is 9.82. The number of benzene rings is 1. The maximum Gasteiger partial charge on any atom is 0.350 e. The number of hydrogen-bond donors (Lipinski definition) is 0. The van der Waals surface area contributed by atoms with Crippen molar-refractivity contribution in [3.63, 3.8) is 0 Å². The molecule has 0 spiro atoms. The molecule has 1 aromatic carbocycles. The molecule has 1 saturated carbocycles. The third kappa shape index (κ3) is 8.22. The Morgan fingerprint density at radius 1 is 0.976 bits per heavy atom. The second-order valence-corrected chi connectivity index (χ2v) is 14.5. The van der Waals surface area contributed by atoms with Crippen LogP contribution in [0.15, 0.2) is 36.4 Å². The van der Waals surface area contributed by atoms with E-state index < -0.39 is 11.4 Å². The molecule has 0 N–H and O–H groups in total. The van der Waals surface area contributed by atoms with Crippen molar-refractivity contribution >= 4 is 34.9 Å². The molecule has 1 aliphatic carbocycles. The molecular formula is C34H48N2O5S. The number of ether oxygens (including phenoxy) is 2. The molecule has 1 saturated heterocycles. The molecule has 0 bridgehead atoms. The zero-order valence-electron chi connectivity index (χ0n) is 26.2. The van der Waals surface area contributed by atoms with Crippen LogP contribution in [0.1, 0.15) is 82.8 Å². The van der Waals surface area contributed by atoms with Gasteiger partial charge in [-0.15, -0.1) is 11.3 Å². The van der Waals surface area contributed by atoms with Crippen LogP contribution >= 0.6 is 11.3 Å². The van der Waals surface area contributed by atoms with Gasteiger partial charge in [-0.2, -0.15) is 0 Å². The Morgan fingerprint density at radius 2 is 1.60 bits per heavy atom. The summed E-state index contributed by atoms with van der Waals surface area (Å²) in [5, 5.41) is 0. The molecule has 4 rings (SSSR count). The van der Waals surface area contributed by atoms with Crippen LogP contribution < -0.4 is 4.90 Å². The fraction of sp³-hybridized carbons (Fsp3) is 0.618. The summed E-state index contributed by atoms with van der Waals surface area (Å²) in [6.45, 7) is 11.7. The third-order valence-corrected chi connectivity index (χ3v) is 9.64. The molecule has 2 heterocycles. The first-order chi connectivity index (χ1) is 19.9. The van der Waals surface area contributed by atoms with Gasteiger partial charge in [0.05, 0.1) is 24.3 Å². The highest BCUT2D eigenvalue weighted by Crippen LogP contribution is 2.41. The number of rotatable bonds is 9. The van der Waals surface area contributed by atoms with Crippen molar-refractivity contribution in [3.8, 4) is 10.4 Å². The van der Waals surface area contributed by atoms with Crippen LogP contribution in [0.3, 0.4) is 0 Å². The molecule has 0 radical (unpaired) electrons. The summed E-state index contributed by atoms with van der Waals surface area (Å²) in [4.78, 5) is 45.9. The van der Waals surface area contributed by atoms with E-state index in [1.165, 1.54) is 11.3 Å². The molecule has 42 heavy (non-hydrogen) atoms. The molecule has 230 valence electrons. The van der Waals surface area contributed by atoms with E-state index in [9.17, 15) is 14.4 Å². The number of anilines is 1. The molecule has 1 aromatic heterocycles. The standard InChI is InChI=1S/C34H48N2O5S/c1-23-12-14-26(15-13-23)31(37)36(27-16-18-35(6)19-17-27)28-20-29(25-10-8-7-9-11-25)42-30(28)32(38)40-21-24(2)22-41-33(39)34(3,4)5/h7-11,20,23-24,26-27H,12-19,21-22H2,1-6H3. The van der Waals surface area contributed by atoms with Crippen LogP contribution in [0.5, 0.6) is 0 Å². The molecule has 2 aliphatic rings. The molecule has 1 aliphatic heterocycles. The predicted molar refractivity (Wildman–Crippen MR) is 169 cm³/mol. The van der Waals surface area contributed by atoms with Gasteiger partial charge in [0.1, 0.15) is 4.88 Å². The first-order valence-corrected chi connectivity index (χ1v) is 16.3. The van der Waals surface area contributed by atoms with Gasteiger partial charge in [0.15, 0.2) is 0 Å². The van der Waals surface area contributed by atoms with Gasteiger partial charge in [-0.3, -0.25) is 9.59 Å². The number of amides is 1. The van der Waals surface area contributed by atoms with Crippen LogP contribution in [0.25, 0.3) is 10.4 Å². The first kappa shape index (κ1) is 32.2. The van der Waals surface area contributed by atoms with E-state index in [1.807, 2.05) is 69.0 Å². The first-order valence-electron chi connectivity index (χ1n) is 15.5. The zero-order valence-corrected chi connectivity index (χ0v) is 27.0. The molecule has 1 atom stereocenters. The van der Waals surface area contributed by atoms with Crippen LogP contribution in [0.4, 0.5) is 5.69 Å². The van der Waals surface area contributed by atoms with Crippen LogP contribution in [0, 0.1) is 23.2 Å². The van der Waals surface area contributed by atoms with E-state index in [0.29, 0.717) is 16.5 Å². The highest BCUT2D eigenvalue weighted by Gasteiger charge is 2.37. The van der Waals surface area contributed by atoms with Crippen LogP contribution in [-0.4, -0.2) is 62.1 Å². The van der Waals surface area contributed by atoms with Crippen molar-refractivity contribution in [3.05, 3.63) is 41.3 Å². The van der Waals surface area contributed by atoms with E-state index in [-0.39, 0.29) is 43.0 Å². The maximum absolute atomic E-state index is 14.3. The minimum atomic E-state index is -0.587. The average molecular weight is 597 g/mol. The minimum absolute atomic E-state index is 0.0256. The van der Waals surface area contributed by atoms with Crippen LogP contribution in [0.2, 0.25) is 0 Å². The molecule has 8 heteroatoms. The van der Waals surface area contributed by atoms with E-state index in [0.717, 1.165) is 62.1 Å². The fourth-order valence-electron chi connectivity index (χ4n) is 5.67. The van der Waals surface area contributed by atoms with Gasteiger partial charge in [-0.05, 0) is 97.0 Å². The van der Waals surface area contributed by atoms with Crippen molar-refractivity contribution in [2.24, 2.45) is 23.2 Å². The highest BCUT2D eigenvalue weighted by atomic mass is 32.1.